The van der Waals surface area contributed by atoms with Crippen LogP contribution in [0.5, 0.6) is 0 Å². The fourth-order valence-corrected chi connectivity index (χ4v) is 2.46. The summed E-state index contributed by atoms with van der Waals surface area (Å²) in [6, 6.07) is -2.96. The lowest BCUT2D eigenvalue weighted by atomic mass is 10.0. The lowest BCUT2D eigenvalue weighted by Crippen LogP contribution is -2.36. The number of aromatic nitrogens is 2. The minimum absolute atomic E-state index is 0.0718. The molecule has 15 heteroatoms. The van der Waals surface area contributed by atoms with Crippen molar-refractivity contribution in [1.29, 1.82) is 0 Å². The molecule has 0 fully saturated rings. The number of hydrogen-bond donors (Lipinski definition) is 10. The van der Waals surface area contributed by atoms with Gasteiger partial charge in [0, 0.05) is 18.3 Å². The fraction of sp³-hybridized carbons (Fsp3) is 0.708. The van der Waals surface area contributed by atoms with E-state index in [4.69, 9.17) is 49.1 Å². The summed E-state index contributed by atoms with van der Waals surface area (Å²) >= 11 is 0. The average Bonchev–Trinajstić information content (AvgIpc) is 3.36. The number of H-pyrrole nitrogens is 1. The SMILES string of the molecule is CC(C)C[C@H](N)C(=O)O.CC[C@H](C)[C@H](N)C(=O)O.NCCCC[C@H](N)C(=O)O.N[C@@H](Cc1cnc[nH]1)C(=O)O. The Morgan fingerprint density at radius 2 is 1.36 bits per heavy atom. The van der Waals surface area contributed by atoms with E-state index in [1.165, 1.54) is 6.33 Å². The van der Waals surface area contributed by atoms with Crippen LogP contribution in [0.2, 0.25) is 0 Å². The maximum atomic E-state index is 10.3. The highest BCUT2D eigenvalue weighted by Gasteiger charge is 2.17. The Hall–Kier alpha value is -3.11. The molecule has 1 aromatic heterocycles. The number of carboxylic acid groups (broad SMARTS) is 4. The molecule has 0 aliphatic heterocycles. The van der Waals surface area contributed by atoms with Gasteiger partial charge in [0.25, 0.3) is 0 Å². The highest BCUT2D eigenvalue weighted by Crippen LogP contribution is 2.04. The van der Waals surface area contributed by atoms with Crippen molar-refractivity contribution < 1.29 is 39.6 Å². The highest BCUT2D eigenvalue weighted by atomic mass is 16.4. The van der Waals surface area contributed by atoms with Crippen LogP contribution in [0.15, 0.2) is 12.5 Å². The van der Waals surface area contributed by atoms with Gasteiger partial charge in [-0.1, -0.05) is 40.5 Å². The lowest BCUT2D eigenvalue weighted by molar-refractivity contribution is -0.140. The van der Waals surface area contributed by atoms with E-state index < -0.39 is 48.0 Å². The molecule has 0 unspecified atom stereocenters. The standard InChI is InChI=1S/C6H9N3O2.C6H14N2O2.2C6H13NO2/c7-5(6(10)11)1-4-2-8-3-9-4;7-4-2-1-3-5(8)6(9)10;1-4(2)3-5(7)6(8)9;1-3-4(2)5(7)6(8)9/h2-3,5H,1,7H2,(H,8,9)(H,10,11);5H,1-4,7-8H2,(H,9,10);2*4-5H,3,7H2,1-2H3,(H,8,9)/t3*5-;4-,5-/m0000/s1. The minimum atomic E-state index is -1.00. The smallest absolute Gasteiger partial charge is 0.320 e. The van der Waals surface area contributed by atoms with Crippen LogP contribution in [0.3, 0.4) is 0 Å². The summed E-state index contributed by atoms with van der Waals surface area (Å²) in [6.45, 7) is 8.25. The number of nitrogens with zero attached hydrogens (tertiary/aromatic N) is 1. The zero-order valence-corrected chi connectivity index (χ0v) is 23.3. The van der Waals surface area contributed by atoms with E-state index in [0.717, 1.165) is 25.0 Å². The van der Waals surface area contributed by atoms with Crippen LogP contribution in [0.4, 0.5) is 0 Å². The lowest BCUT2D eigenvalue weighted by Gasteiger charge is -2.11. The van der Waals surface area contributed by atoms with Gasteiger partial charge in [0.05, 0.1) is 6.33 Å². The van der Waals surface area contributed by atoms with Crippen LogP contribution >= 0.6 is 0 Å². The zero-order chi connectivity index (χ0) is 31.1. The van der Waals surface area contributed by atoms with Crippen molar-refractivity contribution in [2.45, 2.75) is 90.4 Å². The maximum Gasteiger partial charge on any atom is 0.320 e. The minimum Gasteiger partial charge on any atom is -0.480 e. The van der Waals surface area contributed by atoms with Gasteiger partial charge < -0.3 is 54.1 Å². The van der Waals surface area contributed by atoms with Crippen LogP contribution in [0, 0.1) is 11.8 Å². The first-order valence-electron chi connectivity index (χ1n) is 12.6. The van der Waals surface area contributed by atoms with Crippen LogP contribution in [0.1, 0.15) is 65.5 Å². The molecule has 0 aliphatic rings. The largest absolute Gasteiger partial charge is 0.480 e. The van der Waals surface area contributed by atoms with Crippen molar-refractivity contribution in [2.24, 2.45) is 40.5 Å². The Labute approximate surface area is 229 Å². The molecule has 5 atom stereocenters. The van der Waals surface area contributed by atoms with E-state index in [0.29, 0.717) is 25.3 Å². The van der Waals surface area contributed by atoms with Gasteiger partial charge in [0.1, 0.15) is 24.2 Å². The molecule has 0 aromatic carbocycles. The van der Waals surface area contributed by atoms with Crippen molar-refractivity contribution in [2.75, 3.05) is 6.54 Å². The highest BCUT2D eigenvalue weighted by molar-refractivity contribution is 5.74. The number of nitrogens with two attached hydrogens (primary N) is 5. The number of rotatable bonds is 14. The maximum absolute atomic E-state index is 10.3. The monoisotopic (exact) mass is 563 g/mol. The summed E-state index contributed by atoms with van der Waals surface area (Å²) in [5.74, 6) is -3.33. The fourth-order valence-electron chi connectivity index (χ4n) is 2.46. The van der Waals surface area contributed by atoms with E-state index in [2.05, 4.69) is 9.97 Å². The molecule has 0 spiro atoms. The molecule has 228 valence electrons. The van der Waals surface area contributed by atoms with Crippen LogP contribution in [-0.4, -0.2) is 85.0 Å². The summed E-state index contributed by atoms with van der Waals surface area (Å²) in [5, 5.41) is 33.4. The van der Waals surface area contributed by atoms with Gasteiger partial charge in [-0.15, -0.1) is 0 Å². The summed E-state index contributed by atoms with van der Waals surface area (Å²) in [6.07, 6.45) is 6.86. The number of hydrogen-bond acceptors (Lipinski definition) is 10. The van der Waals surface area contributed by atoms with E-state index in [-0.39, 0.29) is 12.3 Å². The van der Waals surface area contributed by atoms with Crippen molar-refractivity contribution >= 4 is 23.9 Å². The number of unbranched alkanes of at least 4 members (excludes halogenated alkanes) is 1. The molecular weight excluding hydrogens is 514 g/mol. The molecule has 39 heavy (non-hydrogen) atoms. The van der Waals surface area contributed by atoms with Crippen LogP contribution in [-0.2, 0) is 25.6 Å². The number of aromatic amines is 1. The number of aliphatic carboxylic acids is 4. The topological polar surface area (TPSA) is 308 Å². The second-order valence-electron chi connectivity index (χ2n) is 9.28. The van der Waals surface area contributed by atoms with Gasteiger partial charge in [0.15, 0.2) is 0 Å². The zero-order valence-electron chi connectivity index (χ0n) is 23.3. The van der Waals surface area contributed by atoms with Gasteiger partial charge in [-0.25, -0.2) is 4.98 Å². The Balaban J connectivity index is -0.000000445. The Morgan fingerprint density at radius 3 is 1.64 bits per heavy atom. The summed E-state index contributed by atoms with van der Waals surface area (Å²) in [7, 11) is 0. The molecule has 0 radical (unpaired) electrons. The molecule has 0 bridgehead atoms. The molecule has 0 aliphatic carbocycles. The normalized spacial score (nSPS) is 14.0. The molecule has 1 aromatic rings. The predicted molar refractivity (Wildman–Crippen MR) is 147 cm³/mol. The van der Waals surface area contributed by atoms with Gasteiger partial charge >= 0.3 is 23.9 Å². The molecule has 1 rings (SSSR count). The Bertz CT molecular complexity index is 793. The summed E-state index contributed by atoms with van der Waals surface area (Å²) in [5.41, 5.74) is 26.9. The number of nitrogens with one attached hydrogen (secondary N) is 1. The third-order valence-electron chi connectivity index (χ3n) is 5.18. The summed E-state index contributed by atoms with van der Waals surface area (Å²) in [4.78, 5) is 47.2. The average molecular weight is 564 g/mol. The molecule has 0 amide bonds. The van der Waals surface area contributed by atoms with Gasteiger partial charge in [0.2, 0.25) is 0 Å². The van der Waals surface area contributed by atoms with Gasteiger partial charge in [-0.05, 0) is 37.6 Å². The molecule has 15 N–H and O–H groups in total. The van der Waals surface area contributed by atoms with Crippen LogP contribution < -0.4 is 28.7 Å². The molecule has 0 saturated heterocycles. The van der Waals surface area contributed by atoms with E-state index in [9.17, 15) is 19.2 Å². The number of imidazole rings is 1. The summed E-state index contributed by atoms with van der Waals surface area (Å²) < 4.78 is 0. The molecule has 0 saturated carbocycles. The predicted octanol–water partition coefficient (Wildman–Crippen LogP) is -0.220. The first-order chi connectivity index (χ1) is 18.0. The van der Waals surface area contributed by atoms with E-state index in [1.807, 2.05) is 27.7 Å². The number of carboxylic acids is 4. The molecule has 15 nitrogen and oxygen atoms in total. The third-order valence-corrected chi connectivity index (χ3v) is 5.18. The van der Waals surface area contributed by atoms with Crippen LogP contribution in [0.25, 0.3) is 0 Å². The Kier molecular flexibility index (Phi) is 24.8. The molecule has 1 heterocycles. The third kappa shape index (κ3) is 25.0. The van der Waals surface area contributed by atoms with Crippen molar-refractivity contribution in [3.63, 3.8) is 0 Å². The van der Waals surface area contributed by atoms with Gasteiger partial charge in [-0.3, -0.25) is 19.2 Å². The quantitative estimate of drug-likeness (QED) is 0.131. The van der Waals surface area contributed by atoms with E-state index in [1.54, 1.807) is 6.20 Å². The van der Waals surface area contributed by atoms with Crippen molar-refractivity contribution in [3.05, 3.63) is 18.2 Å². The van der Waals surface area contributed by atoms with E-state index >= 15 is 0 Å². The first-order valence-corrected chi connectivity index (χ1v) is 12.6. The Morgan fingerprint density at radius 1 is 0.846 bits per heavy atom. The van der Waals surface area contributed by atoms with Crippen molar-refractivity contribution in [3.8, 4) is 0 Å². The second kappa shape index (κ2) is 24.0. The molecular formula is C24H49N7O8. The second-order valence-corrected chi connectivity index (χ2v) is 9.28. The first kappa shape index (κ1) is 40.4. The van der Waals surface area contributed by atoms with Crippen molar-refractivity contribution in [1.82, 2.24) is 9.97 Å². The van der Waals surface area contributed by atoms with Gasteiger partial charge in [-0.2, -0.15) is 0 Å². The number of carbonyl (C=O) groups is 4.